The number of aliphatic hydroxyl groups is 1. The molecule has 0 saturated heterocycles. The van der Waals surface area contributed by atoms with E-state index in [4.69, 9.17) is 4.42 Å². The molecule has 5 nitrogen and oxygen atoms in total. The smallest absolute Gasteiger partial charge is 0.240 e. The number of nitrogens with one attached hydrogen (secondary N) is 1. The molecule has 2 heterocycles. The molecule has 1 aromatic carbocycles. The molecule has 0 radical (unpaired) electrons. The number of hydrogen-bond acceptors (Lipinski definition) is 5. The third-order valence-corrected chi connectivity index (χ3v) is 6.40. The summed E-state index contributed by atoms with van der Waals surface area (Å²) >= 11 is 1.32. The molecule has 25 heavy (non-hydrogen) atoms. The van der Waals surface area contributed by atoms with Gasteiger partial charge in [0.25, 0.3) is 0 Å². The van der Waals surface area contributed by atoms with Crippen LogP contribution in [-0.4, -0.2) is 20.1 Å². The molecule has 0 aliphatic heterocycles. The zero-order valence-corrected chi connectivity index (χ0v) is 14.9. The second-order valence-corrected chi connectivity index (χ2v) is 8.31. The van der Waals surface area contributed by atoms with Crippen molar-refractivity contribution in [1.29, 1.82) is 0 Å². The summed E-state index contributed by atoms with van der Waals surface area (Å²) in [6, 6.07) is 10.6. The maximum absolute atomic E-state index is 13.1. The number of halogens is 1. The van der Waals surface area contributed by atoms with Gasteiger partial charge in [-0.15, -0.1) is 11.3 Å². The van der Waals surface area contributed by atoms with Crippen molar-refractivity contribution in [3.63, 3.8) is 0 Å². The van der Waals surface area contributed by atoms with Gasteiger partial charge in [0.2, 0.25) is 10.0 Å². The Bertz CT molecular complexity index is 964. The molecule has 1 unspecified atom stereocenters. The van der Waals surface area contributed by atoms with Crippen LogP contribution in [-0.2, 0) is 10.0 Å². The molecule has 0 saturated carbocycles. The third kappa shape index (κ3) is 3.98. The van der Waals surface area contributed by atoms with Crippen molar-refractivity contribution in [2.45, 2.75) is 17.9 Å². The topological polar surface area (TPSA) is 79.5 Å². The van der Waals surface area contributed by atoms with Crippen LogP contribution in [0.2, 0.25) is 0 Å². The van der Waals surface area contributed by atoms with Crippen LogP contribution in [0, 0.1) is 12.7 Å². The zero-order valence-electron chi connectivity index (χ0n) is 13.3. The highest BCUT2D eigenvalue weighted by molar-refractivity contribution is 7.89. The van der Waals surface area contributed by atoms with Crippen molar-refractivity contribution in [3.8, 4) is 10.6 Å². The van der Waals surface area contributed by atoms with Crippen LogP contribution in [0.4, 0.5) is 4.39 Å². The minimum atomic E-state index is -3.84. The number of sulfonamides is 1. The number of aryl methyl sites for hydroxylation is 1. The first-order valence-corrected chi connectivity index (χ1v) is 9.74. The molecule has 2 aromatic heterocycles. The van der Waals surface area contributed by atoms with Crippen LogP contribution in [0.25, 0.3) is 10.6 Å². The number of hydrogen-bond donors (Lipinski definition) is 2. The van der Waals surface area contributed by atoms with Crippen molar-refractivity contribution < 1.29 is 22.3 Å². The van der Waals surface area contributed by atoms with Crippen LogP contribution in [0.1, 0.15) is 16.5 Å². The van der Waals surface area contributed by atoms with Gasteiger partial charge in [0, 0.05) is 11.4 Å². The first kappa shape index (κ1) is 17.8. The van der Waals surface area contributed by atoms with Crippen molar-refractivity contribution in [3.05, 3.63) is 65.0 Å². The van der Waals surface area contributed by atoms with Gasteiger partial charge in [-0.05, 0) is 55.0 Å². The van der Waals surface area contributed by atoms with Gasteiger partial charge in [-0.2, -0.15) is 0 Å². The number of aliphatic hydroxyl groups excluding tert-OH is 1. The molecule has 1 atom stereocenters. The van der Waals surface area contributed by atoms with E-state index in [0.29, 0.717) is 16.2 Å². The fourth-order valence-corrected chi connectivity index (χ4v) is 4.59. The zero-order chi connectivity index (χ0) is 18.0. The van der Waals surface area contributed by atoms with Gasteiger partial charge >= 0.3 is 0 Å². The van der Waals surface area contributed by atoms with Crippen molar-refractivity contribution in [1.82, 2.24) is 4.72 Å². The quantitative estimate of drug-likeness (QED) is 0.685. The highest BCUT2D eigenvalue weighted by Crippen LogP contribution is 2.31. The molecule has 0 spiro atoms. The van der Waals surface area contributed by atoms with E-state index in [9.17, 15) is 17.9 Å². The Labute approximate surface area is 148 Å². The summed E-state index contributed by atoms with van der Waals surface area (Å²) < 4.78 is 45.5. The Morgan fingerprint density at radius 2 is 2.08 bits per heavy atom. The predicted octanol–water partition coefficient (Wildman–Crippen LogP) is 3.47. The van der Waals surface area contributed by atoms with E-state index in [0.717, 1.165) is 17.0 Å². The summed E-state index contributed by atoms with van der Waals surface area (Å²) in [4.78, 5) is 1.45. The molecule has 132 valence electrons. The van der Waals surface area contributed by atoms with Crippen LogP contribution in [0.15, 0.2) is 58.0 Å². The highest BCUT2D eigenvalue weighted by atomic mass is 32.2. The SMILES string of the molecule is Cc1cc(F)ccc1S(=O)(=O)NCC(O)c1ccc(-c2ccco2)s1. The highest BCUT2D eigenvalue weighted by Gasteiger charge is 2.20. The average molecular weight is 381 g/mol. The van der Waals surface area contributed by atoms with Gasteiger partial charge in [0.15, 0.2) is 0 Å². The Morgan fingerprint density at radius 3 is 2.76 bits per heavy atom. The van der Waals surface area contributed by atoms with Crippen LogP contribution >= 0.6 is 11.3 Å². The molecule has 8 heteroatoms. The molecule has 3 aromatic rings. The van der Waals surface area contributed by atoms with E-state index in [1.165, 1.54) is 24.3 Å². The van der Waals surface area contributed by atoms with E-state index < -0.39 is 21.9 Å². The first-order valence-electron chi connectivity index (χ1n) is 7.44. The number of thiophene rings is 1. The molecule has 0 bridgehead atoms. The number of furan rings is 1. The lowest BCUT2D eigenvalue weighted by atomic mass is 10.2. The summed E-state index contributed by atoms with van der Waals surface area (Å²) in [5.41, 5.74) is 0.304. The maximum atomic E-state index is 13.1. The van der Waals surface area contributed by atoms with Gasteiger partial charge in [0.1, 0.15) is 17.7 Å². The minimum Gasteiger partial charge on any atom is -0.464 e. The number of benzene rings is 1. The van der Waals surface area contributed by atoms with Crippen LogP contribution in [0.3, 0.4) is 0 Å². The second-order valence-electron chi connectivity index (χ2n) is 5.46. The summed E-state index contributed by atoms with van der Waals surface area (Å²) in [7, 11) is -3.84. The molecule has 0 aliphatic carbocycles. The van der Waals surface area contributed by atoms with Gasteiger partial charge in [-0.25, -0.2) is 17.5 Å². The average Bonchev–Trinajstić information content (AvgIpc) is 3.23. The van der Waals surface area contributed by atoms with Crippen molar-refractivity contribution >= 4 is 21.4 Å². The fourth-order valence-electron chi connectivity index (χ4n) is 2.36. The molecular formula is C17H16FNO4S2. The van der Waals surface area contributed by atoms with Gasteiger partial charge in [-0.3, -0.25) is 0 Å². The maximum Gasteiger partial charge on any atom is 0.240 e. The predicted molar refractivity (Wildman–Crippen MR) is 93.3 cm³/mol. The number of rotatable bonds is 6. The van der Waals surface area contributed by atoms with Crippen LogP contribution in [0.5, 0.6) is 0 Å². The van der Waals surface area contributed by atoms with Crippen molar-refractivity contribution in [2.75, 3.05) is 6.54 Å². The monoisotopic (exact) mass is 381 g/mol. The van der Waals surface area contributed by atoms with Gasteiger partial charge < -0.3 is 9.52 Å². The third-order valence-electron chi connectivity index (χ3n) is 3.61. The minimum absolute atomic E-state index is 0.0106. The van der Waals surface area contributed by atoms with Gasteiger partial charge in [-0.1, -0.05) is 0 Å². The van der Waals surface area contributed by atoms with Gasteiger partial charge in [0.05, 0.1) is 16.0 Å². The normalized spacial score (nSPS) is 13.1. The standard InChI is InChI=1S/C17H16FNO4S2/c1-11-9-12(18)4-7-17(11)25(21,22)19-10-13(20)15-5-6-16(24-15)14-3-2-8-23-14/h2-9,13,19-20H,10H2,1H3. The lowest BCUT2D eigenvalue weighted by Gasteiger charge is -2.12. The Balaban J connectivity index is 1.70. The Kier molecular flexibility index (Phi) is 5.05. The summed E-state index contributed by atoms with van der Waals surface area (Å²) in [5, 5.41) is 10.2. The molecule has 3 rings (SSSR count). The molecule has 0 fully saturated rings. The lowest BCUT2D eigenvalue weighted by Crippen LogP contribution is -2.28. The molecule has 2 N–H and O–H groups in total. The lowest BCUT2D eigenvalue weighted by molar-refractivity contribution is 0.186. The molecule has 0 aliphatic rings. The van der Waals surface area contributed by atoms with Crippen molar-refractivity contribution in [2.24, 2.45) is 0 Å². The molecular weight excluding hydrogens is 365 g/mol. The summed E-state index contributed by atoms with van der Waals surface area (Å²) in [6.07, 6.45) is 0.564. The first-order chi connectivity index (χ1) is 11.9. The van der Waals surface area contributed by atoms with E-state index in [-0.39, 0.29) is 11.4 Å². The van der Waals surface area contributed by atoms with E-state index in [1.807, 2.05) is 6.07 Å². The van der Waals surface area contributed by atoms with E-state index in [2.05, 4.69) is 4.72 Å². The molecule has 0 amide bonds. The Hall–Kier alpha value is -2.00. The largest absolute Gasteiger partial charge is 0.464 e. The second kappa shape index (κ2) is 7.09. The summed E-state index contributed by atoms with van der Waals surface area (Å²) in [6.45, 7) is 1.33. The van der Waals surface area contributed by atoms with E-state index >= 15 is 0 Å². The van der Waals surface area contributed by atoms with E-state index in [1.54, 1.807) is 24.5 Å². The summed E-state index contributed by atoms with van der Waals surface area (Å²) in [5.74, 6) is 0.187. The fraction of sp³-hybridized carbons (Fsp3) is 0.176. The Morgan fingerprint density at radius 1 is 1.28 bits per heavy atom. The van der Waals surface area contributed by atoms with Crippen LogP contribution < -0.4 is 4.72 Å².